The molecule has 9 heteroatoms. The smallest absolute Gasteiger partial charge is 0.323 e. The lowest BCUT2D eigenvalue weighted by Gasteiger charge is -2.18. The molecule has 0 unspecified atom stereocenters. The van der Waals surface area contributed by atoms with Gasteiger partial charge in [-0.3, -0.25) is 14.6 Å². The van der Waals surface area contributed by atoms with E-state index in [-0.39, 0.29) is 18.7 Å². The molecule has 0 spiro atoms. The van der Waals surface area contributed by atoms with Crippen LogP contribution in [0.3, 0.4) is 0 Å². The van der Waals surface area contributed by atoms with Gasteiger partial charge in [0.2, 0.25) is 5.91 Å². The van der Waals surface area contributed by atoms with Crippen molar-refractivity contribution < 1.29 is 24.2 Å². The highest BCUT2D eigenvalue weighted by Crippen LogP contribution is 2.27. The maximum Gasteiger partial charge on any atom is 0.323 e. The number of benzene rings is 2. The third-order valence-electron chi connectivity index (χ3n) is 5.43. The summed E-state index contributed by atoms with van der Waals surface area (Å²) in [6.45, 7) is 1.91. The number of aryl methyl sites for hydroxylation is 2. The molecule has 0 saturated carbocycles. The number of hydrogen-bond donors (Lipinski definition) is 3. The number of ether oxygens (including phenoxy) is 1. The van der Waals surface area contributed by atoms with Gasteiger partial charge in [0.25, 0.3) is 0 Å². The average molecular weight is 477 g/mol. The Hall–Kier alpha value is -4.40. The quantitative estimate of drug-likeness (QED) is 0.424. The number of carbonyl (C=O) groups is 3. The van der Waals surface area contributed by atoms with Gasteiger partial charge in [0, 0.05) is 24.8 Å². The molecule has 182 valence electrons. The van der Waals surface area contributed by atoms with Crippen LogP contribution < -0.4 is 20.3 Å². The number of pyridine rings is 1. The summed E-state index contributed by atoms with van der Waals surface area (Å²) in [7, 11) is 3.15. The third-order valence-corrected chi connectivity index (χ3v) is 5.43. The summed E-state index contributed by atoms with van der Waals surface area (Å²) in [4.78, 5) is 41.7. The predicted molar refractivity (Wildman–Crippen MR) is 134 cm³/mol. The molecule has 3 N–H and O–H groups in total. The highest BCUT2D eigenvalue weighted by atomic mass is 16.5. The van der Waals surface area contributed by atoms with Crippen LogP contribution in [0.1, 0.15) is 23.2 Å². The van der Waals surface area contributed by atoms with Gasteiger partial charge in [0.05, 0.1) is 37.5 Å². The normalized spacial score (nSPS) is 10.4. The first-order valence-electron chi connectivity index (χ1n) is 11.0. The van der Waals surface area contributed by atoms with Crippen molar-refractivity contribution in [1.82, 2.24) is 4.98 Å². The Morgan fingerprint density at radius 3 is 2.43 bits per heavy atom. The molecule has 0 radical (unpaired) electrons. The fourth-order valence-electron chi connectivity index (χ4n) is 3.37. The van der Waals surface area contributed by atoms with Gasteiger partial charge in [-0.2, -0.15) is 0 Å². The standard InChI is InChI=1S/C26H28N4O5/c1-17-6-4-5-7-21(17)28-26(34)29-22-12-8-18(14-23(22)35-3)15-24(31)30(2)20-11-9-19(27-16-20)10-13-25(32)33/h4-9,11-12,14,16H,10,13,15H2,1-3H3,(H,32,33)(H2,28,29,34). The number of aliphatic carboxylic acids is 1. The van der Waals surface area contributed by atoms with Crippen LogP contribution in [0.15, 0.2) is 60.8 Å². The van der Waals surface area contributed by atoms with Crippen LogP contribution in [-0.2, 0) is 22.4 Å². The summed E-state index contributed by atoms with van der Waals surface area (Å²) in [5.74, 6) is -0.612. The highest BCUT2D eigenvalue weighted by Gasteiger charge is 2.15. The number of hydrogen-bond acceptors (Lipinski definition) is 5. The van der Waals surface area contributed by atoms with Crippen LogP contribution in [0.2, 0.25) is 0 Å². The zero-order valence-corrected chi connectivity index (χ0v) is 19.9. The first kappa shape index (κ1) is 25.2. The lowest BCUT2D eigenvalue weighted by atomic mass is 10.1. The number of nitrogens with one attached hydrogen (secondary N) is 2. The van der Waals surface area contributed by atoms with E-state index < -0.39 is 12.0 Å². The summed E-state index contributed by atoms with van der Waals surface area (Å²) in [6, 6.07) is 15.7. The topological polar surface area (TPSA) is 121 Å². The molecule has 1 heterocycles. The summed E-state index contributed by atoms with van der Waals surface area (Å²) in [5, 5.41) is 14.4. The number of amides is 3. The van der Waals surface area contributed by atoms with E-state index in [4.69, 9.17) is 9.84 Å². The molecule has 0 aliphatic heterocycles. The number of carboxylic acids is 1. The third kappa shape index (κ3) is 7.04. The molecule has 0 saturated heterocycles. The van der Waals surface area contributed by atoms with E-state index >= 15 is 0 Å². The Morgan fingerprint density at radius 2 is 1.77 bits per heavy atom. The van der Waals surface area contributed by atoms with E-state index in [1.807, 2.05) is 31.2 Å². The highest BCUT2D eigenvalue weighted by molar-refractivity contribution is 6.01. The second-order valence-electron chi connectivity index (χ2n) is 7.96. The fourth-order valence-corrected chi connectivity index (χ4v) is 3.37. The maximum atomic E-state index is 12.8. The molecular weight excluding hydrogens is 448 g/mol. The molecule has 3 amide bonds. The van der Waals surface area contributed by atoms with E-state index in [9.17, 15) is 14.4 Å². The second-order valence-corrected chi connectivity index (χ2v) is 7.96. The Morgan fingerprint density at radius 1 is 1.03 bits per heavy atom. The van der Waals surface area contributed by atoms with E-state index in [2.05, 4.69) is 15.6 Å². The molecule has 3 rings (SSSR count). The monoisotopic (exact) mass is 476 g/mol. The number of rotatable bonds is 9. The van der Waals surface area contributed by atoms with Crippen molar-refractivity contribution in [1.29, 1.82) is 0 Å². The molecular formula is C26H28N4O5. The molecule has 3 aromatic rings. The minimum absolute atomic E-state index is 0.00135. The van der Waals surface area contributed by atoms with Crippen molar-refractivity contribution in [3.63, 3.8) is 0 Å². The lowest BCUT2D eigenvalue weighted by Crippen LogP contribution is -2.28. The number of methoxy groups -OCH3 is 1. The van der Waals surface area contributed by atoms with Gasteiger partial charge >= 0.3 is 12.0 Å². The van der Waals surface area contributed by atoms with E-state index in [0.717, 1.165) is 11.1 Å². The largest absolute Gasteiger partial charge is 0.495 e. The van der Waals surface area contributed by atoms with Crippen LogP contribution >= 0.6 is 0 Å². The fraction of sp³-hybridized carbons (Fsp3) is 0.231. The number of anilines is 3. The zero-order valence-electron chi connectivity index (χ0n) is 19.9. The number of para-hydroxylation sites is 1. The number of nitrogens with zero attached hydrogens (tertiary/aromatic N) is 2. The number of aromatic nitrogens is 1. The molecule has 0 bridgehead atoms. The Kier molecular flexibility index (Phi) is 8.39. The molecule has 0 fully saturated rings. The van der Waals surface area contributed by atoms with Gasteiger partial charge in [-0.1, -0.05) is 24.3 Å². The van der Waals surface area contributed by atoms with E-state index in [1.165, 1.54) is 12.0 Å². The van der Waals surface area contributed by atoms with Crippen molar-refractivity contribution >= 4 is 35.0 Å². The summed E-state index contributed by atoms with van der Waals surface area (Å²) in [6.07, 6.45) is 2.00. The van der Waals surface area contributed by atoms with Gasteiger partial charge in [0.1, 0.15) is 5.75 Å². The van der Waals surface area contributed by atoms with Crippen molar-refractivity contribution in [2.45, 2.75) is 26.2 Å². The summed E-state index contributed by atoms with van der Waals surface area (Å²) < 4.78 is 5.42. The van der Waals surface area contributed by atoms with Gasteiger partial charge in [-0.25, -0.2) is 4.79 Å². The first-order chi connectivity index (χ1) is 16.8. The molecule has 9 nitrogen and oxygen atoms in total. The SMILES string of the molecule is COc1cc(CC(=O)N(C)c2ccc(CCC(=O)O)nc2)ccc1NC(=O)Nc1ccccc1C. The van der Waals surface area contributed by atoms with Crippen molar-refractivity contribution in [2.24, 2.45) is 0 Å². The Labute approximate surface area is 203 Å². The number of urea groups is 1. The van der Waals surface area contributed by atoms with E-state index in [1.54, 1.807) is 43.6 Å². The van der Waals surface area contributed by atoms with Gasteiger partial charge in [-0.15, -0.1) is 0 Å². The average Bonchev–Trinajstić information content (AvgIpc) is 2.84. The molecule has 1 aromatic heterocycles. The summed E-state index contributed by atoms with van der Waals surface area (Å²) >= 11 is 0. The molecule has 0 aliphatic rings. The van der Waals surface area contributed by atoms with Gasteiger partial charge in [-0.05, 0) is 48.4 Å². The van der Waals surface area contributed by atoms with Crippen molar-refractivity contribution in [2.75, 3.05) is 29.7 Å². The van der Waals surface area contributed by atoms with Gasteiger partial charge in [0.15, 0.2) is 0 Å². The number of carboxylic acid groups (broad SMARTS) is 1. The number of carbonyl (C=O) groups excluding carboxylic acids is 2. The molecule has 0 atom stereocenters. The Bertz CT molecular complexity index is 1210. The van der Waals surface area contributed by atoms with Crippen LogP contribution in [-0.4, -0.2) is 42.2 Å². The maximum absolute atomic E-state index is 12.8. The zero-order chi connectivity index (χ0) is 25.4. The van der Waals surface area contributed by atoms with Crippen LogP contribution in [0.4, 0.5) is 21.9 Å². The minimum atomic E-state index is -0.883. The van der Waals surface area contributed by atoms with E-state index in [0.29, 0.717) is 34.9 Å². The van der Waals surface area contributed by atoms with Crippen molar-refractivity contribution in [3.05, 3.63) is 77.6 Å². The molecule has 0 aliphatic carbocycles. The van der Waals surface area contributed by atoms with Crippen LogP contribution in [0.25, 0.3) is 0 Å². The summed E-state index contributed by atoms with van der Waals surface area (Å²) in [5.41, 5.74) is 4.10. The first-order valence-corrected chi connectivity index (χ1v) is 11.0. The Balaban J connectivity index is 1.63. The molecule has 35 heavy (non-hydrogen) atoms. The molecule has 2 aromatic carbocycles. The minimum Gasteiger partial charge on any atom is -0.495 e. The van der Waals surface area contributed by atoms with Crippen molar-refractivity contribution in [3.8, 4) is 5.75 Å². The number of likely N-dealkylation sites (N-methyl/N-ethyl adjacent to an activating group) is 1. The lowest BCUT2D eigenvalue weighted by molar-refractivity contribution is -0.137. The second kappa shape index (κ2) is 11.6. The van der Waals surface area contributed by atoms with Gasteiger partial charge < -0.3 is 25.4 Å². The van der Waals surface area contributed by atoms with Crippen LogP contribution in [0, 0.1) is 6.92 Å². The van der Waals surface area contributed by atoms with Crippen LogP contribution in [0.5, 0.6) is 5.75 Å². The predicted octanol–water partition coefficient (Wildman–Crippen LogP) is 4.27.